The Kier molecular flexibility index (Phi) is 6.03. The summed E-state index contributed by atoms with van der Waals surface area (Å²) >= 11 is 7.55. The molecule has 0 aromatic heterocycles. The van der Waals surface area contributed by atoms with Gasteiger partial charge in [-0.15, -0.1) is 11.8 Å². The summed E-state index contributed by atoms with van der Waals surface area (Å²) < 4.78 is 26.1. The van der Waals surface area contributed by atoms with Crippen LogP contribution in [0.15, 0.2) is 47.4 Å². The van der Waals surface area contributed by atoms with Crippen molar-refractivity contribution in [2.45, 2.75) is 17.4 Å². The maximum absolute atomic E-state index is 13.2. The van der Waals surface area contributed by atoms with Crippen LogP contribution in [0.5, 0.6) is 0 Å². The second kappa shape index (κ2) is 7.78. The molecular weight excluding hydrogens is 312 g/mol. The highest BCUT2D eigenvalue weighted by molar-refractivity contribution is 7.99. The molecule has 2 rings (SSSR count). The summed E-state index contributed by atoms with van der Waals surface area (Å²) in [5.41, 5.74) is 0.782. The van der Waals surface area contributed by atoms with Gasteiger partial charge >= 0.3 is 0 Å². The summed E-state index contributed by atoms with van der Waals surface area (Å²) in [6, 6.07) is 11.9. The average molecular weight is 328 g/mol. The van der Waals surface area contributed by atoms with Crippen molar-refractivity contribution in [3.05, 3.63) is 64.7 Å². The van der Waals surface area contributed by atoms with E-state index in [9.17, 15) is 8.78 Å². The quantitative estimate of drug-likeness (QED) is 0.782. The summed E-state index contributed by atoms with van der Waals surface area (Å²) in [5.74, 6) is -0.778. The zero-order valence-electron chi connectivity index (χ0n) is 11.6. The molecule has 1 unspecified atom stereocenters. The maximum atomic E-state index is 13.2. The zero-order valence-corrected chi connectivity index (χ0v) is 13.1. The number of likely N-dealkylation sites (N-methyl/N-ethyl adjacent to an activating group) is 1. The van der Waals surface area contributed by atoms with Gasteiger partial charge in [0.1, 0.15) is 0 Å². The van der Waals surface area contributed by atoms with Gasteiger partial charge in [-0.3, -0.25) is 0 Å². The molecule has 0 aliphatic rings. The maximum Gasteiger partial charge on any atom is 0.159 e. The third-order valence-corrected chi connectivity index (χ3v) is 4.57. The van der Waals surface area contributed by atoms with E-state index in [-0.39, 0.29) is 6.04 Å². The van der Waals surface area contributed by atoms with E-state index in [1.54, 1.807) is 17.8 Å². The van der Waals surface area contributed by atoms with Crippen LogP contribution >= 0.6 is 23.4 Å². The van der Waals surface area contributed by atoms with Crippen LogP contribution in [-0.2, 0) is 6.42 Å². The molecule has 1 nitrogen and oxygen atoms in total. The summed E-state index contributed by atoms with van der Waals surface area (Å²) in [6.45, 7) is 0. The molecule has 0 saturated heterocycles. The van der Waals surface area contributed by atoms with Crippen LogP contribution in [0.1, 0.15) is 5.56 Å². The second-order valence-electron chi connectivity index (χ2n) is 4.70. The Bertz CT molecular complexity index is 589. The lowest BCUT2D eigenvalue weighted by Gasteiger charge is -2.16. The smallest absolute Gasteiger partial charge is 0.159 e. The molecule has 0 bridgehead atoms. The monoisotopic (exact) mass is 327 g/mol. The van der Waals surface area contributed by atoms with Gasteiger partial charge in [0.05, 0.1) is 0 Å². The van der Waals surface area contributed by atoms with E-state index in [1.807, 2.05) is 31.3 Å². The van der Waals surface area contributed by atoms with E-state index >= 15 is 0 Å². The minimum absolute atomic E-state index is 0.176. The topological polar surface area (TPSA) is 12.0 Å². The summed E-state index contributed by atoms with van der Waals surface area (Å²) in [4.78, 5) is 1.13. The predicted molar refractivity (Wildman–Crippen MR) is 85.1 cm³/mol. The fraction of sp³-hybridized carbons (Fsp3) is 0.250. The van der Waals surface area contributed by atoms with Crippen molar-refractivity contribution in [2.75, 3.05) is 12.8 Å². The number of benzene rings is 2. The summed E-state index contributed by atoms with van der Waals surface area (Å²) in [6.07, 6.45) is 0.647. The predicted octanol–water partition coefficient (Wildman–Crippen LogP) is 4.54. The van der Waals surface area contributed by atoms with Gasteiger partial charge in [-0.25, -0.2) is 8.78 Å². The molecule has 0 fully saturated rings. The SMILES string of the molecule is CNC(CSc1ccc(Cl)cc1)Cc1ccc(F)c(F)c1. The Morgan fingerprint density at radius 1 is 1.10 bits per heavy atom. The first-order chi connectivity index (χ1) is 10.1. The molecule has 0 saturated carbocycles. The van der Waals surface area contributed by atoms with Crippen molar-refractivity contribution in [1.29, 1.82) is 0 Å². The van der Waals surface area contributed by atoms with Gasteiger partial charge in [-0.05, 0) is 55.4 Å². The van der Waals surface area contributed by atoms with Crippen LogP contribution in [0.3, 0.4) is 0 Å². The lowest BCUT2D eigenvalue weighted by atomic mass is 10.1. The molecule has 2 aromatic rings. The van der Waals surface area contributed by atoms with Crippen molar-refractivity contribution in [1.82, 2.24) is 5.32 Å². The second-order valence-corrected chi connectivity index (χ2v) is 6.23. The Morgan fingerprint density at radius 3 is 2.43 bits per heavy atom. The third kappa shape index (κ3) is 4.99. The van der Waals surface area contributed by atoms with E-state index in [0.717, 1.165) is 16.2 Å². The first-order valence-electron chi connectivity index (χ1n) is 6.58. The van der Waals surface area contributed by atoms with Gasteiger partial charge in [0.25, 0.3) is 0 Å². The van der Waals surface area contributed by atoms with Gasteiger partial charge in [-0.1, -0.05) is 17.7 Å². The first-order valence-corrected chi connectivity index (χ1v) is 7.94. The standard InChI is InChI=1S/C16H16ClF2NS/c1-20-13(8-11-2-7-15(18)16(19)9-11)10-21-14-5-3-12(17)4-6-14/h2-7,9,13,20H,8,10H2,1H3. The number of thioether (sulfide) groups is 1. The van der Waals surface area contributed by atoms with Gasteiger partial charge < -0.3 is 5.32 Å². The van der Waals surface area contributed by atoms with Crippen LogP contribution in [-0.4, -0.2) is 18.8 Å². The van der Waals surface area contributed by atoms with E-state index < -0.39 is 11.6 Å². The highest BCUT2D eigenvalue weighted by Gasteiger charge is 2.10. The Balaban J connectivity index is 1.93. The number of hydrogen-bond acceptors (Lipinski definition) is 2. The molecule has 1 atom stereocenters. The molecule has 0 aliphatic carbocycles. The van der Waals surface area contributed by atoms with Crippen molar-refractivity contribution in [3.63, 3.8) is 0 Å². The van der Waals surface area contributed by atoms with Crippen molar-refractivity contribution in [3.8, 4) is 0 Å². The van der Waals surface area contributed by atoms with E-state index in [0.29, 0.717) is 11.4 Å². The van der Waals surface area contributed by atoms with Crippen molar-refractivity contribution < 1.29 is 8.78 Å². The number of rotatable bonds is 6. The van der Waals surface area contributed by atoms with E-state index in [1.165, 1.54) is 12.1 Å². The molecule has 1 N–H and O–H groups in total. The summed E-state index contributed by atoms with van der Waals surface area (Å²) in [5, 5.41) is 3.92. The van der Waals surface area contributed by atoms with E-state index in [4.69, 9.17) is 11.6 Å². The van der Waals surface area contributed by atoms with Gasteiger partial charge in [0.15, 0.2) is 11.6 Å². The van der Waals surface area contributed by atoms with Crippen LogP contribution in [0.4, 0.5) is 8.78 Å². The molecule has 0 spiro atoms. The average Bonchev–Trinajstić information content (AvgIpc) is 2.49. The summed E-state index contributed by atoms with van der Waals surface area (Å²) in [7, 11) is 1.87. The minimum Gasteiger partial charge on any atom is -0.316 e. The lowest BCUT2D eigenvalue weighted by Crippen LogP contribution is -2.30. The van der Waals surface area contributed by atoms with Crippen LogP contribution < -0.4 is 5.32 Å². The van der Waals surface area contributed by atoms with Gasteiger partial charge in [0, 0.05) is 21.7 Å². The van der Waals surface area contributed by atoms with Crippen molar-refractivity contribution >= 4 is 23.4 Å². The number of nitrogens with one attached hydrogen (secondary N) is 1. The fourth-order valence-corrected chi connectivity index (χ4v) is 3.06. The van der Waals surface area contributed by atoms with Gasteiger partial charge in [0.2, 0.25) is 0 Å². The minimum atomic E-state index is -0.810. The molecule has 0 heterocycles. The van der Waals surface area contributed by atoms with Crippen molar-refractivity contribution in [2.24, 2.45) is 0 Å². The molecule has 0 aliphatic heterocycles. The molecule has 0 amide bonds. The Hall–Kier alpha value is -1.10. The van der Waals surface area contributed by atoms with E-state index in [2.05, 4.69) is 5.32 Å². The normalized spacial score (nSPS) is 12.4. The molecule has 5 heteroatoms. The Labute approximate surface area is 132 Å². The molecule has 0 radical (unpaired) electrons. The molecular formula is C16H16ClF2NS. The third-order valence-electron chi connectivity index (χ3n) is 3.14. The fourth-order valence-electron chi connectivity index (χ4n) is 1.92. The Morgan fingerprint density at radius 2 is 1.81 bits per heavy atom. The van der Waals surface area contributed by atoms with Gasteiger partial charge in [-0.2, -0.15) is 0 Å². The highest BCUT2D eigenvalue weighted by atomic mass is 35.5. The molecule has 2 aromatic carbocycles. The van der Waals surface area contributed by atoms with Crippen LogP contribution in [0, 0.1) is 11.6 Å². The number of halogens is 3. The first kappa shape index (κ1) is 16.3. The lowest BCUT2D eigenvalue weighted by molar-refractivity contribution is 0.505. The highest BCUT2D eigenvalue weighted by Crippen LogP contribution is 2.22. The molecule has 112 valence electrons. The van der Waals surface area contributed by atoms with Crippen LogP contribution in [0.2, 0.25) is 5.02 Å². The number of hydrogen-bond donors (Lipinski definition) is 1. The molecule has 21 heavy (non-hydrogen) atoms. The largest absolute Gasteiger partial charge is 0.316 e. The van der Waals surface area contributed by atoms with Crippen LogP contribution in [0.25, 0.3) is 0 Å². The zero-order chi connectivity index (χ0) is 15.2.